The lowest BCUT2D eigenvalue weighted by Crippen LogP contribution is -2.30. The molecule has 5 nitrogen and oxygen atoms in total. The number of ketones is 1. The minimum Gasteiger partial charge on any atom is -0.354 e. The maximum absolute atomic E-state index is 11.2. The van der Waals surface area contributed by atoms with Crippen LogP contribution < -0.4 is 10.8 Å². The van der Waals surface area contributed by atoms with Crippen LogP contribution in [-0.2, 0) is 14.4 Å². The average molecular weight is 186 g/mol. The Hall–Kier alpha value is -1.36. The largest absolute Gasteiger partial charge is 0.354 e. The number of Topliss-reactive ketones (excluding diaryl/α,β-unsaturated/α-hetero) is 1. The summed E-state index contributed by atoms with van der Waals surface area (Å²) in [6.45, 7) is 2.94. The highest BCUT2D eigenvalue weighted by molar-refractivity contribution is 6.03. The van der Waals surface area contributed by atoms with Gasteiger partial charge in [0.2, 0.25) is 0 Å². The van der Waals surface area contributed by atoms with E-state index in [1.165, 1.54) is 21.1 Å². The predicted molar refractivity (Wildman–Crippen MR) is 47.6 cm³/mol. The van der Waals surface area contributed by atoms with Gasteiger partial charge in [0, 0.05) is 12.6 Å². The van der Waals surface area contributed by atoms with Crippen LogP contribution in [0.4, 0.5) is 0 Å². The zero-order valence-electron chi connectivity index (χ0n) is 8.22. The van der Waals surface area contributed by atoms with Crippen LogP contribution >= 0.6 is 0 Å². The molecule has 74 valence electrons. The van der Waals surface area contributed by atoms with Crippen LogP contribution in [0.3, 0.4) is 0 Å². The second kappa shape index (κ2) is 5.31. The van der Waals surface area contributed by atoms with Gasteiger partial charge >= 0.3 is 0 Å². The first-order valence-electron chi connectivity index (χ1n) is 3.77. The highest BCUT2D eigenvalue weighted by atomic mass is 16.6. The third-order valence-corrected chi connectivity index (χ3v) is 1.56. The van der Waals surface area contributed by atoms with Gasteiger partial charge in [-0.25, -0.2) is 0 Å². The van der Waals surface area contributed by atoms with Crippen molar-refractivity contribution in [3.8, 4) is 0 Å². The zero-order chi connectivity index (χ0) is 10.4. The second-order valence-corrected chi connectivity index (χ2v) is 2.44. The molecule has 0 unspecified atom stereocenters. The Labute approximate surface area is 77.1 Å². The van der Waals surface area contributed by atoms with Gasteiger partial charge in [0.25, 0.3) is 5.91 Å². The van der Waals surface area contributed by atoms with Gasteiger partial charge in [0.1, 0.15) is 5.70 Å². The first-order chi connectivity index (χ1) is 6.04. The molecule has 0 saturated heterocycles. The summed E-state index contributed by atoms with van der Waals surface area (Å²) >= 11 is 0. The van der Waals surface area contributed by atoms with Crippen LogP contribution in [0.15, 0.2) is 11.3 Å². The molecule has 0 aromatic heterocycles. The maximum atomic E-state index is 11.2. The van der Waals surface area contributed by atoms with Crippen molar-refractivity contribution in [2.75, 3.05) is 14.2 Å². The SMILES string of the molecule is CNC(=O)C(NOC)=C(C)C(C)=O. The summed E-state index contributed by atoms with van der Waals surface area (Å²) in [5.74, 6) is -0.558. The molecule has 0 bridgehead atoms. The quantitative estimate of drug-likeness (QED) is 0.469. The molecule has 2 N–H and O–H groups in total. The molecule has 0 radical (unpaired) electrons. The summed E-state index contributed by atoms with van der Waals surface area (Å²) < 4.78 is 0. The summed E-state index contributed by atoms with van der Waals surface area (Å²) in [6, 6.07) is 0. The van der Waals surface area contributed by atoms with E-state index in [1.54, 1.807) is 6.92 Å². The fourth-order valence-corrected chi connectivity index (χ4v) is 0.696. The van der Waals surface area contributed by atoms with Crippen molar-refractivity contribution in [3.05, 3.63) is 11.3 Å². The lowest BCUT2D eigenvalue weighted by molar-refractivity contribution is -0.120. The van der Waals surface area contributed by atoms with E-state index in [4.69, 9.17) is 0 Å². The van der Waals surface area contributed by atoms with Gasteiger partial charge < -0.3 is 5.32 Å². The van der Waals surface area contributed by atoms with Crippen LogP contribution in [0.2, 0.25) is 0 Å². The summed E-state index contributed by atoms with van der Waals surface area (Å²) in [4.78, 5) is 26.7. The highest BCUT2D eigenvalue weighted by Crippen LogP contribution is 2.01. The molecule has 5 heteroatoms. The Morgan fingerprint density at radius 3 is 2.08 bits per heavy atom. The lowest BCUT2D eigenvalue weighted by atomic mass is 10.1. The van der Waals surface area contributed by atoms with E-state index in [1.807, 2.05) is 0 Å². The Morgan fingerprint density at radius 1 is 1.23 bits per heavy atom. The Bertz CT molecular complexity index is 246. The van der Waals surface area contributed by atoms with Gasteiger partial charge in [0.05, 0.1) is 7.11 Å². The lowest BCUT2D eigenvalue weighted by Gasteiger charge is -2.09. The first-order valence-corrected chi connectivity index (χ1v) is 3.77. The summed E-state index contributed by atoms with van der Waals surface area (Å²) in [7, 11) is 2.85. The number of carbonyl (C=O) groups is 2. The first kappa shape index (κ1) is 11.6. The molecule has 0 fully saturated rings. The molecule has 0 spiro atoms. The molecule has 1 amide bonds. The number of nitrogens with one attached hydrogen (secondary N) is 2. The highest BCUT2D eigenvalue weighted by Gasteiger charge is 2.13. The molecular formula is C8H14N2O3. The van der Waals surface area contributed by atoms with Gasteiger partial charge in [-0.3, -0.25) is 19.9 Å². The Kier molecular flexibility index (Phi) is 4.76. The molecule has 0 aromatic rings. The number of likely N-dealkylation sites (N-methyl/N-ethyl adjacent to an activating group) is 1. The molecule has 0 rings (SSSR count). The van der Waals surface area contributed by atoms with Crippen LogP contribution in [0.1, 0.15) is 13.8 Å². The van der Waals surface area contributed by atoms with E-state index in [2.05, 4.69) is 15.6 Å². The number of hydroxylamine groups is 1. The maximum Gasteiger partial charge on any atom is 0.269 e. The number of hydrogen-bond donors (Lipinski definition) is 2. The zero-order valence-corrected chi connectivity index (χ0v) is 8.22. The van der Waals surface area contributed by atoms with Crippen molar-refractivity contribution in [2.45, 2.75) is 13.8 Å². The molecule has 0 heterocycles. The third kappa shape index (κ3) is 3.25. The van der Waals surface area contributed by atoms with E-state index >= 15 is 0 Å². The van der Waals surface area contributed by atoms with E-state index < -0.39 is 0 Å². The number of allylic oxidation sites excluding steroid dienone is 1. The predicted octanol–water partition coefficient (Wildman–Crippen LogP) is -0.254. The van der Waals surface area contributed by atoms with Gasteiger partial charge in [-0.15, -0.1) is 0 Å². The fourth-order valence-electron chi connectivity index (χ4n) is 0.696. The van der Waals surface area contributed by atoms with Crippen molar-refractivity contribution in [2.24, 2.45) is 0 Å². The van der Waals surface area contributed by atoms with Crippen LogP contribution in [-0.4, -0.2) is 25.8 Å². The van der Waals surface area contributed by atoms with Crippen LogP contribution in [0, 0.1) is 0 Å². The van der Waals surface area contributed by atoms with Crippen molar-refractivity contribution >= 4 is 11.7 Å². The molecule has 0 aliphatic heterocycles. The third-order valence-electron chi connectivity index (χ3n) is 1.56. The smallest absolute Gasteiger partial charge is 0.269 e. The Balaban J connectivity index is 4.87. The minimum atomic E-state index is -0.380. The van der Waals surface area contributed by atoms with Gasteiger partial charge in [-0.2, -0.15) is 0 Å². The normalized spacial score (nSPS) is 11.7. The average Bonchev–Trinajstić information content (AvgIpc) is 2.11. The fraction of sp³-hybridized carbons (Fsp3) is 0.500. The second-order valence-electron chi connectivity index (χ2n) is 2.44. The van der Waals surface area contributed by atoms with Crippen molar-refractivity contribution < 1.29 is 14.4 Å². The number of carbonyl (C=O) groups excluding carboxylic acids is 2. The summed E-state index contributed by atoms with van der Waals surface area (Å²) in [5, 5.41) is 2.39. The van der Waals surface area contributed by atoms with Gasteiger partial charge in [-0.05, 0) is 13.8 Å². The molecule has 0 saturated carbocycles. The van der Waals surface area contributed by atoms with Crippen LogP contribution in [0.5, 0.6) is 0 Å². The molecule has 0 aliphatic rings. The van der Waals surface area contributed by atoms with Crippen molar-refractivity contribution in [3.63, 3.8) is 0 Å². The molecule has 13 heavy (non-hydrogen) atoms. The minimum absolute atomic E-state index is 0.137. The van der Waals surface area contributed by atoms with E-state index in [-0.39, 0.29) is 17.4 Å². The molecule has 0 atom stereocenters. The van der Waals surface area contributed by atoms with Crippen LogP contribution in [0.25, 0.3) is 0 Å². The summed E-state index contributed by atoms with van der Waals surface area (Å²) in [5.41, 5.74) is 2.83. The molecule has 0 aromatic carbocycles. The Morgan fingerprint density at radius 2 is 1.77 bits per heavy atom. The topological polar surface area (TPSA) is 67.4 Å². The molecular weight excluding hydrogens is 172 g/mol. The standard InChI is InChI=1S/C8H14N2O3/c1-5(6(2)11)7(10-13-4)8(12)9-3/h10H,1-4H3,(H,9,12). The summed E-state index contributed by atoms with van der Waals surface area (Å²) in [6.07, 6.45) is 0. The molecule has 0 aliphatic carbocycles. The van der Waals surface area contributed by atoms with E-state index in [0.29, 0.717) is 5.57 Å². The van der Waals surface area contributed by atoms with E-state index in [0.717, 1.165) is 0 Å². The number of rotatable bonds is 4. The number of amides is 1. The van der Waals surface area contributed by atoms with Crippen molar-refractivity contribution in [1.29, 1.82) is 0 Å². The van der Waals surface area contributed by atoms with E-state index in [9.17, 15) is 9.59 Å². The monoisotopic (exact) mass is 186 g/mol. The van der Waals surface area contributed by atoms with Crippen molar-refractivity contribution in [1.82, 2.24) is 10.8 Å². The van der Waals surface area contributed by atoms with Gasteiger partial charge in [0.15, 0.2) is 5.78 Å². The number of hydrogen-bond acceptors (Lipinski definition) is 4. The van der Waals surface area contributed by atoms with Gasteiger partial charge in [-0.1, -0.05) is 0 Å².